The van der Waals surface area contributed by atoms with E-state index in [4.69, 9.17) is 5.73 Å². The molecule has 4 aliphatic rings. The molecule has 1 heterocycles. The number of ketones is 2. The molecule has 8 heteroatoms. The highest BCUT2D eigenvalue weighted by Gasteiger charge is 2.50. The second kappa shape index (κ2) is 8.02. The largest absolute Gasteiger partial charge is 0.511 e. The standard InChI is InChI=1S/C25H28N2O6/c26-25(33)20-16(28)10-15-9-14-8-12-4-5-13(11-27-6-2-1-3-7-27)21(29)17(12)22(30)18(14)23(31)19(15)24(20)32/h4-5,14-15,19,29-30,32H,1-3,6-11H2,(H2,26,33). The van der Waals surface area contributed by atoms with Gasteiger partial charge in [0, 0.05) is 24.1 Å². The summed E-state index contributed by atoms with van der Waals surface area (Å²) in [4.78, 5) is 39.7. The Balaban J connectivity index is 1.54. The Morgan fingerprint density at radius 3 is 2.48 bits per heavy atom. The number of primary amides is 1. The summed E-state index contributed by atoms with van der Waals surface area (Å²) in [6, 6.07) is 3.78. The van der Waals surface area contributed by atoms with Gasteiger partial charge in [-0.25, -0.2) is 0 Å². The Kier molecular flexibility index (Phi) is 5.28. The lowest BCUT2D eigenvalue weighted by molar-refractivity contribution is -0.127. The monoisotopic (exact) mass is 452 g/mol. The lowest BCUT2D eigenvalue weighted by Gasteiger charge is -2.41. The van der Waals surface area contributed by atoms with E-state index in [2.05, 4.69) is 4.90 Å². The van der Waals surface area contributed by atoms with Crippen LogP contribution in [-0.4, -0.2) is 50.8 Å². The van der Waals surface area contributed by atoms with Gasteiger partial charge in [-0.15, -0.1) is 0 Å². The molecule has 5 rings (SSSR count). The summed E-state index contributed by atoms with van der Waals surface area (Å²) in [6.07, 6.45) is 4.25. The molecule has 1 saturated heterocycles. The van der Waals surface area contributed by atoms with Crippen molar-refractivity contribution in [3.63, 3.8) is 0 Å². The summed E-state index contributed by atoms with van der Waals surface area (Å²) < 4.78 is 0. The highest BCUT2D eigenvalue weighted by Crippen LogP contribution is 2.50. The number of likely N-dealkylation sites (tertiary alicyclic amines) is 1. The summed E-state index contributed by atoms with van der Waals surface area (Å²) in [5, 5.41) is 32.8. The molecule has 174 valence electrons. The number of Topliss-reactive ketones (excluding diaryl/α,β-unsaturated/α-hetero) is 2. The molecule has 1 aromatic rings. The van der Waals surface area contributed by atoms with Crippen LogP contribution in [0.25, 0.3) is 5.76 Å². The van der Waals surface area contributed by atoms with E-state index >= 15 is 0 Å². The molecule has 1 aromatic carbocycles. The van der Waals surface area contributed by atoms with E-state index in [-0.39, 0.29) is 35.0 Å². The zero-order chi connectivity index (χ0) is 23.4. The number of hydrogen-bond donors (Lipinski definition) is 4. The zero-order valence-corrected chi connectivity index (χ0v) is 18.3. The quantitative estimate of drug-likeness (QED) is 0.516. The average molecular weight is 453 g/mol. The van der Waals surface area contributed by atoms with Crippen molar-refractivity contribution >= 4 is 23.2 Å². The minimum absolute atomic E-state index is 0.0205. The van der Waals surface area contributed by atoms with Crippen LogP contribution in [0.5, 0.6) is 5.75 Å². The fraction of sp³-hybridized carbons (Fsp3) is 0.480. The zero-order valence-electron chi connectivity index (χ0n) is 18.3. The van der Waals surface area contributed by atoms with Gasteiger partial charge in [-0.1, -0.05) is 18.6 Å². The molecule has 1 aliphatic heterocycles. The van der Waals surface area contributed by atoms with Crippen molar-refractivity contribution in [3.05, 3.63) is 45.7 Å². The number of fused-ring (bicyclic) bond motifs is 3. The number of aliphatic hydroxyl groups excluding tert-OH is 2. The van der Waals surface area contributed by atoms with Crippen molar-refractivity contribution in [1.82, 2.24) is 4.90 Å². The highest BCUT2D eigenvalue weighted by molar-refractivity contribution is 6.21. The first-order valence-electron chi connectivity index (χ1n) is 11.6. The minimum Gasteiger partial charge on any atom is -0.511 e. The van der Waals surface area contributed by atoms with Crippen LogP contribution >= 0.6 is 0 Å². The maximum Gasteiger partial charge on any atom is 0.255 e. The Labute approximate surface area is 191 Å². The number of hydrogen-bond acceptors (Lipinski definition) is 7. The molecule has 5 N–H and O–H groups in total. The Hall–Kier alpha value is -3.13. The van der Waals surface area contributed by atoms with Crippen LogP contribution in [0.3, 0.4) is 0 Å². The number of phenolic OH excluding ortho intramolecular Hbond substituents is 1. The van der Waals surface area contributed by atoms with Crippen molar-refractivity contribution in [2.45, 2.75) is 45.1 Å². The lowest BCUT2D eigenvalue weighted by Crippen LogP contribution is -2.44. The average Bonchev–Trinajstić information content (AvgIpc) is 2.75. The van der Waals surface area contributed by atoms with Crippen LogP contribution in [0, 0.1) is 17.8 Å². The van der Waals surface area contributed by atoms with E-state index in [1.807, 2.05) is 12.1 Å². The van der Waals surface area contributed by atoms with Gasteiger partial charge >= 0.3 is 0 Å². The number of amides is 1. The van der Waals surface area contributed by atoms with E-state index in [1.165, 1.54) is 6.42 Å². The summed E-state index contributed by atoms with van der Waals surface area (Å²) in [5.41, 5.74) is 6.62. The van der Waals surface area contributed by atoms with E-state index in [1.54, 1.807) is 0 Å². The number of rotatable bonds is 3. The molecular weight excluding hydrogens is 424 g/mol. The number of aromatic hydroxyl groups is 1. The summed E-state index contributed by atoms with van der Waals surface area (Å²) in [5.74, 6) is -4.87. The SMILES string of the molecule is NC(=O)C1=C(O)C2C(=O)C3=C(O)c4c(ccc(CN5CCCCC5)c4O)CC3CC2CC1=O. The molecule has 2 fully saturated rings. The first-order valence-corrected chi connectivity index (χ1v) is 11.6. The Morgan fingerprint density at radius 1 is 1.06 bits per heavy atom. The second-order valence-electron chi connectivity index (χ2n) is 9.70. The van der Waals surface area contributed by atoms with Gasteiger partial charge in [0.1, 0.15) is 22.8 Å². The number of nitrogens with zero attached hydrogens (tertiary/aromatic N) is 1. The van der Waals surface area contributed by atoms with Crippen LogP contribution in [0.2, 0.25) is 0 Å². The van der Waals surface area contributed by atoms with Gasteiger partial charge in [-0.05, 0) is 56.2 Å². The summed E-state index contributed by atoms with van der Waals surface area (Å²) in [7, 11) is 0. The van der Waals surface area contributed by atoms with Crippen LogP contribution in [0.1, 0.15) is 48.8 Å². The van der Waals surface area contributed by atoms with E-state index < -0.39 is 40.6 Å². The third-order valence-electron chi connectivity index (χ3n) is 7.69. The van der Waals surface area contributed by atoms with Crippen molar-refractivity contribution < 1.29 is 29.7 Å². The molecule has 0 bridgehead atoms. The topological polar surface area (TPSA) is 141 Å². The Bertz CT molecular complexity index is 1130. The summed E-state index contributed by atoms with van der Waals surface area (Å²) >= 11 is 0. The molecule has 1 saturated carbocycles. The smallest absolute Gasteiger partial charge is 0.255 e. The van der Waals surface area contributed by atoms with Gasteiger partial charge in [0.2, 0.25) is 0 Å². The number of piperidine rings is 1. The number of allylic oxidation sites excluding steroid dienone is 2. The second-order valence-corrected chi connectivity index (χ2v) is 9.70. The van der Waals surface area contributed by atoms with E-state index in [9.17, 15) is 29.7 Å². The molecular formula is C25H28N2O6. The number of carbonyl (C=O) groups excluding carboxylic acids is 3. The van der Waals surface area contributed by atoms with Gasteiger partial charge in [0.25, 0.3) is 5.91 Å². The van der Waals surface area contributed by atoms with Crippen molar-refractivity contribution in [1.29, 1.82) is 0 Å². The molecule has 3 atom stereocenters. The lowest BCUT2D eigenvalue weighted by atomic mass is 9.61. The molecule has 8 nitrogen and oxygen atoms in total. The van der Waals surface area contributed by atoms with Gasteiger partial charge in [-0.3, -0.25) is 19.3 Å². The molecule has 1 amide bonds. The number of aliphatic hydroxyl groups is 2. The fourth-order valence-electron chi connectivity index (χ4n) is 6.14. The van der Waals surface area contributed by atoms with Crippen LogP contribution < -0.4 is 5.73 Å². The number of carbonyl (C=O) groups is 3. The minimum atomic E-state index is -1.08. The molecule has 3 unspecified atom stereocenters. The van der Waals surface area contributed by atoms with Crippen LogP contribution in [0.15, 0.2) is 29.0 Å². The normalized spacial score (nSPS) is 27.8. The number of nitrogens with two attached hydrogens (primary N) is 1. The molecule has 33 heavy (non-hydrogen) atoms. The van der Waals surface area contributed by atoms with E-state index in [0.29, 0.717) is 24.9 Å². The van der Waals surface area contributed by atoms with Crippen molar-refractivity contribution in [2.24, 2.45) is 23.5 Å². The van der Waals surface area contributed by atoms with Gasteiger partial charge in [0.15, 0.2) is 11.6 Å². The molecule has 0 aromatic heterocycles. The third kappa shape index (κ3) is 3.44. The molecule has 0 radical (unpaired) electrons. The van der Waals surface area contributed by atoms with E-state index in [0.717, 1.165) is 31.5 Å². The maximum absolute atomic E-state index is 13.4. The first kappa shape index (κ1) is 21.7. The number of benzene rings is 1. The predicted molar refractivity (Wildman–Crippen MR) is 119 cm³/mol. The van der Waals surface area contributed by atoms with Crippen LogP contribution in [-0.2, 0) is 27.3 Å². The van der Waals surface area contributed by atoms with Crippen molar-refractivity contribution in [2.75, 3.05) is 13.1 Å². The highest BCUT2D eigenvalue weighted by atomic mass is 16.3. The first-order chi connectivity index (χ1) is 15.8. The Morgan fingerprint density at radius 2 is 1.79 bits per heavy atom. The molecule has 3 aliphatic carbocycles. The molecule has 0 spiro atoms. The maximum atomic E-state index is 13.4. The summed E-state index contributed by atoms with van der Waals surface area (Å²) in [6.45, 7) is 2.48. The van der Waals surface area contributed by atoms with Gasteiger partial charge < -0.3 is 21.1 Å². The predicted octanol–water partition coefficient (Wildman–Crippen LogP) is 2.29. The van der Waals surface area contributed by atoms with Crippen LogP contribution in [0.4, 0.5) is 0 Å². The number of phenols is 1. The van der Waals surface area contributed by atoms with Gasteiger partial charge in [0.05, 0.1) is 11.5 Å². The fourth-order valence-corrected chi connectivity index (χ4v) is 6.14. The van der Waals surface area contributed by atoms with Gasteiger partial charge in [-0.2, -0.15) is 0 Å². The van der Waals surface area contributed by atoms with Crippen molar-refractivity contribution in [3.8, 4) is 5.75 Å². The third-order valence-corrected chi connectivity index (χ3v) is 7.69.